The molecule has 0 bridgehead atoms. The van der Waals surface area contributed by atoms with Crippen LogP contribution in [-0.4, -0.2) is 16.1 Å². The van der Waals surface area contributed by atoms with Crippen molar-refractivity contribution in [1.29, 1.82) is 0 Å². The number of pyridine rings is 1. The van der Waals surface area contributed by atoms with Crippen LogP contribution in [0.15, 0.2) is 54.7 Å². The quantitative estimate of drug-likeness (QED) is 0.718. The second kappa shape index (κ2) is 4.21. The van der Waals surface area contributed by atoms with Crippen LogP contribution in [0.3, 0.4) is 0 Å². The Balaban J connectivity index is 1.91. The number of rotatable bonds is 1. The van der Waals surface area contributed by atoms with Crippen LogP contribution in [0.2, 0.25) is 0 Å². The average molecular weight is 249 g/mol. The number of hydrogen-bond acceptors (Lipinski definition) is 2. The molecule has 4 rings (SSSR count). The van der Waals surface area contributed by atoms with Gasteiger partial charge in [0.2, 0.25) is 0 Å². The zero-order valence-electron chi connectivity index (χ0n) is 10.6. The van der Waals surface area contributed by atoms with E-state index in [9.17, 15) is 0 Å². The normalized spacial score (nSPS) is 18.4. The fraction of sp³-hybridized carbons (Fsp3) is 0.188. The number of aromatic nitrogens is 2. The van der Waals surface area contributed by atoms with Crippen LogP contribution >= 0.6 is 0 Å². The van der Waals surface area contributed by atoms with Gasteiger partial charge in [-0.15, -0.1) is 0 Å². The second-order valence-corrected chi connectivity index (χ2v) is 4.92. The number of fused-ring (bicyclic) bond motifs is 3. The van der Waals surface area contributed by atoms with E-state index in [2.05, 4.69) is 51.3 Å². The molecule has 2 aromatic heterocycles. The van der Waals surface area contributed by atoms with Crippen LogP contribution in [0.25, 0.3) is 10.9 Å². The van der Waals surface area contributed by atoms with Crippen molar-refractivity contribution in [3.05, 3.63) is 66.1 Å². The molecule has 19 heavy (non-hydrogen) atoms. The Labute approximate surface area is 111 Å². The first kappa shape index (κ1) is 10.8. The van der Waals surface area contributed by atoms with Crippen molar-refractivity contribution >= 4 is 10.9 Å². The molecule has 1 atom stereocenters. The molecule has 1 N–H and O–H groups in total. The maximum atomic E-state index is 4.50. The Hall–Kier alpha value is -2.13. The predicted octanol–water partition coefficient (Wildman–Crippen LogP) is 2.73. The van der Waals surface area contributed by atoms with Crippen molar-refractivity contribution in [3.63, 3.8) is 0 Å². The highest BCUT2D eigenvalue weighted by molar-refractivity contribution is 5.81. The molecule has 1 aliphatic rings. The van der Waals surface area contributed by atoms with E-state index in [-0.39, 0.29) is 6.04 Å². The highest BCUT2D eigenvalue weighted by Crippen LogP contribution is 2.29. The van der Waals surface area contributed by atoms with Gasteiger partial charge in [-0.25, -0.2) is 0 Å². The van der Waals surface area contributed by atoms with Crippen LogP contribution in [0, 0.1) is 0 Å². The number of nitrogens with zero attached hydrogens (tertiary/aromatic N) is 2. The Morgan fingerprint density at radius 3 is 2.89 bits per heavy atom. The molecular weight excluding hydrogens is 234 g/mol. The van der Waals surface area contributed by atoms with Crippen molar-refractivity contribution in [2.45, 2.75) is 12.6 Å². The van der Waals surface area contributed by atoms with E-state index in [1.165, 1.54) is 16.6 Å². The largest absolute Gasteiger partial charge is 0.341 e. The fourth-order valence-electron chi connectivity index (χ4n) is 2.95. The molecular formula is C16H15N3. The molecule has 0 radical (unpaired) electrons. The van der Waals surface area contributed by atoms with Crippen molar-refractivity contribution in [2.24, 2.45) is 0 Å². The molecule has 0 amide bonds. The average Bonchev–Trinajstić information content (AvgIpc) is 2.87. The minimum atomic E-state index is 0.197. The first-order valence-electron chi connectivity index (χ1n) is 6.66. The van der Waals surface area contributed by atoms with Gasteiger partial charge in [0.25, 0.3) is 0 Å². The number of benzene rings is 1. The lowest BCUT2D eigenvalue weighted by molar-refractivity contribution is 0.468. The minimum absolute atomic E-state index is 0.197. The number of hydrogen-bond donors (Lipinski definition) is 1. The topological polar surface area (TPSA) is 29.9 Å². The summed E-state index contributed by atoms with van der Waals surface area (Å²) in [6.07, 6.45) is 1.86. The van der Waals surface area contributed by atoms with Crippen LogP contribution in [0.5, 0.6) is 0 Å². The van der Waals surface area contributed by atoms with Gasteiger partial charge >= 0.3 is 0 Å². The summed E-state index contributed by atoms with van der Waals surface area (Å²) in [6, 6.07) is 17.1. The number of nitrogens with one attached hydrogen (secondary N) is 1. The third kappa shape index (κ3) is 1.66. The molecule has 0 aliphatic carbocycles. The van der Waals surface area contributed by atoms with Crippen molar-refractivity contribution in [2.75, 3.05) is 6.54 Å². The van der Waals surface area contributed by atoms with Gasteiger partial charge in [0.1, 0.15) is 0 Å². The van der Waals surface area contributed by atoms with Crippen LogP contribution in [-0.2, 0) is 6.54 Å². The van der Waals surface area contributed by atoms with Crippen LogP contribution in [0.1, 0.15) is 17.4 Å². The maximum absolute atomic E-state index is 4.50. The van der Waals surface area contributed by atoms with E-state index in [1.54, 1.807) is 0 Å². The Morgan fingerprint density at radius 1 is 1.11 bits per heavy atom. The molecule has 1 unspecified atom stereocenters. The monoisotopic (exact) mass is 249 g/mol. The fourth-order valence-corrected chi connectivity index (χ4v) is 2.95. The summed E-state index contributed by atoms with van der Waals surface area (Å²) < 4.78 is 2.41. The molecule has 0 spiro atoms. The van der Waals surface area contributed by atoms with E-state index in [1.807, 2.05) is 18.3 Å². The zero-order valence-corrected chi connectivity index (χ0v) is 10.6. The lowest BCUT2D eigenvalue weighted by Crippen LogP contribution is -2.34. The first-order valence-corrected chi connectivity index (χ1v) is 6.66. The second-order valence-electron chi connectivity index (χ2n) is 4.92. The van der Waals surface area contributed by atoms with Crippen LogP contribution in [0.4, 0.5) is 0 Å². The van der Waals surface area contributed by atoms with E-state index in [0.717, 1.165) is 18.8 Å². The van der Waals surface area contributed by atoms with Gasteiger partial charge in [0, 0.05) is 30.5 Å². The summed E-state index contributed by atoms with van der Waals surface area (Å²) >= 11 is 0. The molecule has 0 fully saturated rings. The predicted molar refractivity (Wildman–Crippen MR) is 76.0 cm³/mol. The molecule has 3 aromatic rings. The van der Waals surface area contributed by atoms with Gasteiger partial charge in [-0.2, -0.15) is 0 Å². The smallest absolute Gasteiger partial charge is 0.0905 e. The molecule has 0 saturated heterocycles. The first-order chi connectivity index (χ1) is 9.43. The molecule has 0 saturated carbocycles. The SMILES string of the molecule is c1ccc(C2NCCn3c2cc2ccccc23)nc1. The lowest BCUT2D eigenvalue weighted by atomic mass is 10.1. The summed E-state index contributed by atoms with van der Waals surface area (Å²) in [5, 5.41) is 4.88. The summed E-state index contributed by atoms with van der Waals surface area (Å²) in [6.45, 7) is 2.00. The molecule has 3 heterocycles. The highest BCUT2D eigenvalue weighted by atomic mass is 15.1. The molecule has 3 heteroatoms. The van der Waals surface area contributed by atoms with Crippen LogP contribution < -0.4 is 5.32 Å². The van der Waals surface area contributed by atoms with Crippen molar-refractivity contribution < 1.29 is 0 Å². The number of para-hydroxylation sites is 1. The van der Waals surface area contributed by atoms with E-state index in [0.29, 0.717) is 0 Å². The van der Waals surface area contributed by atoms with Gasteiger partial charge in [-0.05, 0) is 29.7 Å². The van der Waals surface area contributed by atoms with Crippen molar-refractivity contribution in [1.82, 2.24) is 14.9 Å². The molecule has 1 aliphatic heterocycles. The molecule has 1 aromatic carbocycles. The van der Waals surface area contributed by atoms with E-state index < -0.39 is 0 Å². The third-order valence-corrected chi connectivity index (χ3v) is 3.81. The highest BCUT2D eigenvalue weighted by Gasteiger charge is 2.23. The summed E-state index contributed by atoms with van der Waals surface area (Å²) in [4.78, 5) is 4.50. The Kier molecular flexibility index (Phi) is 2.38. The third-order valence-electron chi connectivity index (χ3n) is 3.81. The van der Waals surface area contributed by atoms with Gasteiger partial charge in [-0.1, -0.05) is 24.3 Å². The van der Waals surface area contributed by atoms with Gasteiger partial charge in [-0.3, -0.25) is 4.98 Å². The Morgan fingerprint density at radius 2 is 2.00 bits per heavy atom. The summed E-state index contributed by atoms with van der Waals surface area (Å²) in [7, 11) is 0. The van der Waals surface area contributed by atoms with Gasteiger partial charge < -0.3 is 9.88 Å². The molecule has 94 valence electrons. The maximum Gasteiger partial charge on any atom is 0.0905 e. The lowest BCUT2D eigenvalue weighted by Gasteiger charge is -2.26. The van der Waals surface area contributed by atoms with E-state index >= 15 is 0 Å². The van der Waals surface area contributed by atoms with Gasteiger partial charge in [0.15, 0.2) is 0 Å². The summed E-state index contributed by atoms with van der Waals surface area (Å²) in [5.74, 6) is 0. The van der Waals surface area contributed by atoms with Crippen molar-refractivity contribution in [3.8, 4) is 0 Å². The van der Waals surface area contributed by atoms with E-state index in [4.69, 9.17) is 0 Å². The zero-order chi connectivity index (χ0) is 12.7. The summed E-state index contributed by atoms with van der Waals surface area (Å²) in [5.41, 5.74) is 3.72. The minimum Gasteiger partial charge on any atom is -0.341 e. The van der Waals surface area contributed by atoms with Gasteiger partial charge in [0.05, 0.1) is 11.7 Å². The molecule has 3 nitrogen and oxygen atoms in total. The standard InChI is InChI=1S/C16H15N3/c1-2-7-14-12(5-1)11-15-16(18-9-10-19(14)15)13-6-3-4-8-17-13/h1-8,11,16,18H,9-10H2. The Bertz CT molecular complexity index is 715.